The molecule has 2 fully saturated rings. The van der Waals surface area contributed by atoms with Crippen molar-refractivity contribution in [1.82, 2.24) is 9.88 Å². The number of aromatic nitrogens is 1. The summed E-state index contributed by atoms with van der Waals surface area (Å²) in [6.45, 7) is 6.12. The van der Waals surface area contributed by atoms with Crippen molar-refractivity contribution in [3.63, 3.8) is 0 Å². The first kappa shape index (κ1) is 25.9. The van der Waals surface area contributed by atoms with E-state index in [-0.39, 0.29) is 11.9 Å². The highest BCUT2D eigenvalue weighted by Gasteiger charge is 2.34. The van der Waals surface area contributed by atoms with Crippen molar-refractivity contribution in [2.75, 3.05) is 49.2 Å². The predicted octanol–water partition coefficient (Wildman–Crippen LogP) is 3.25. The van der Waals surface area contributed by atoms with Crippen LogP contribution in [-0.4, -0.2) is 69.9 Å². The number of benzene rings is 1. The zero-order chi connectivity index (χ0) is 26.0. The summed E-state index contributed by atoms with van der Waals surface area (Å²) in [4.78, 5) is 21.6. The molecule has 0 bridgehead atoms. The number of anilines is 2. The van der Waals surface area contributed by atoms with Gasteiger partial charge in [-0.05, 0) is 49.9 Å². The number of carbonyl (C=O) groups is 1. The Bertz CT molecular complexity index is 1300. The fourth-order valence-electron chi connectivity index (χ4n) is 4.90. The molecule has 9 nitrogen and oxygen atoms in total. The first-order valence-electron chi connectivity index (χ1n) is 12.2. The summed E-state index contributed by atoms with van der Waals surface area (Å²) in [6, 6.07) is 9.60. The molecule has 0 unspecified atom stereocenters. The zero-order valence-corrected chi connectivity index (χ0v) is 22.1. The molecular weight excluding hydrogens is 478 g/mol. The Hall–Kier alpha value is -3.16. The molecule has 1 aliphatic heterocycles. The van der Waals surface area contributed by atoms with Gasteiger partial charge in [0.05, 0.1) is 30.5 Å². The molecule has 1 atom stereocenters. The number of nitriles is 1. The van der Waals surface area contributed by atoms with Gasteiger partial charge < -0.3 is 14.5 Å². The van der Waals surface area contributed by atoms with Crippen molar-refractivity contribution >= 4 is 27.4 Å². The number of sulfonamides is 1. The molecule has 1 aromatic heterocycles. The maximum Gasteiger partial charge on any atom is 0.229 e. The van der Waals surface area contributed by atoms with Gasteiger partial charge >= 0.3 is 0 Å². The number of methoxy groups -OCH3 is 1. The molecule has 36 heavy (non-hydrogen) atoms. The van der Waals surface area contributed by atoms with Gasteiger partial charge in [-0.1, -0.05) is 12.1 Å². The fourth-order valence-corrected chi connectivity index (χ4v) is 5.45. The Morgan fingerprint density at radius 1 is 1.31 bits per heavy atom. The van der Waals surface area contributed by atoms with E-state index in [0.717, 1.165) is 41.5 Å². The third kappa shape index (κ3) is 5.63. The third-order valence-electron chi connectivity index (χ3n) is 6.75. The van der Waals surface area contributed by atoms with Crippen molar-refractivity contribution in [3.05, 3.63) is 41.1 Å². The number of hydrogen-bond donors (Lipinski definition) is 1. The predicted molar refractivity (Wildman–Crippen MR) is 139 cm³/mol. The highest BCUT2D eigenvalue weighted by Crippen LogP contribution is 2.46. The molecule has 2 aromatic rings. The summed E-state index contributed by atoms with van der Waals surface area (Å²) >= 11 is 0. The molecule has 10 heteroatoms. The van der Waals surface area contributed by atoms with E-state index >= 15 is 0 Å². The van der Waals surface area contributed by atoms with E-state index in [9.17, 15) is 18.5 Å². The summed E-state index contributed by atoms with van der Waals surface area (Å²) in [5.41, 5.74) is 4.51. The van der Waals surface area contributed by atoms with Crippen LogP contribution in [0.1, 0.15) is 48.9 Å². The normalized spacial score (nSPS) is 18.1. The smallest absolute Gasteiger partial charge is 0.229 e. The van der Waals surface area contributed by atoms with Crippen LogP contribution < -0.4 is 9.62 Å². The fraction of sp³-hybridized carbons (Fsp3) is 0.500. The van der Waals surface area contributed by atoms with Crippen LogP contribution in [-0.2, 0) is 19.6 Å². The van der Waals surface area contributed by atoms with Gasteiger partial charge in [-0.25, -0.2) is 13.4 Å². The topological polar surface area (TPSA) is 116 Å². The number of hydrogen-bond acceptors (Lipinski definition) is 7. The number of pyridine rings is 1. The second-order valence-corrected chi connectivity index (χ2v) is 11.4. The number of nitrogens with one attached hydrogen (secondary N) is 1. The molecule has 1 amide bonds. The lowest BCUT2D eigenvalue weighted by molar-refractivity contribution is -0.134. The molecule has 1 saturated heterocycles. The second kappa shape index (κ2) is 10.4. The van der Waals surface area contributed by atoms with Crippen LogP contribution in [0.15, 0.2) is 24.3 Å². The molecule has 1 aromatic carbocycles. The number of rotatable bonds is 8. The molecule has 0 radical (unpaired) electrons. The van der Waals surface area contributed by atoms with Gasteiger partial charge in [-0.3, -0.25) is 9.52 Å². The molecule has 4 rings (SSSR count). The van der Waals surface area contributed by atoms with Crippen molar-refractivity contribution in [3.8, 4) is 17.2 Å². The zero-order valence-electron chi connectivity index (χ0n) is 21.2. The van der Waals surface area contributed by atoms with E-state index in [2.05, 4.69) is 15.7 Å². The van der Waals surface area contributed by atoms with Crippen LogP contribution in [0.4, 0.5) is 11.5 Å². The van der Waals surface area contributed by atoms with Crippen LogP contribution >= 0.6 is 0 Å². The van der Waals surface area contributed by atoms with E-state index in [1.807, 2.05) is 24.8 Å². The summed E-state index contributed by atoms with van der Waals surface area (Å²) < 4.78 is 31.1. The highest BCUT2D eigenvalue weighted by atomic mass is 32.2. The van der Waals surface area contributed by atoms with E-state index < -0.39 is 10.0 Å². The molecule has 2 heterocycles. The van der Waals surface area contributed by atoms with Gasteiger partial charge in [0.2, 0.25) is 15.9 Å². The van der Waals surface area contributed by atoms with Gasteiger partial charge in [0.25, 0.3) is 0 Å². The Kier molecular flexibility index (Phi) is 7.52. The molecule has 0 spiro atoms. The summed E-state index contributed by atoms with van der Waals surface area (Å²) in [7, 11) is -1.83. The quantitative estimate of drug-likeness (QED) is 0.578. The molecule has 2 aliphatic rings. The highest BCUT2D eigenvalue weighted by molar-refractivity contribution is 7.92. The minimum atomic E-state index is -3.42. The third-order valence-corrected chi connectivity index (χ3v) is 7.36. The van der Waals surface area contributed by atoms with Crippen molar-refractivity contribution in [2.24, 2.45) is 0 Å². The Labute approximate surface area is 213 Å². The second-order valence-electron chi connectivity index (χ2n) is 9.66. The van der Waals surface area contributed by atoms with E-state index in [4.69, 9.17) is 9.72 Å². The number of amides is 1. The van der Waals surface area contributed by atoms with E-state index in [0.29, 0.717) is 55.6 Å². The number of ether oxygens (including phenoxy) is 1. The molecule has 192 valence electrons. The lowest BCUT2D eigenvalue weighted by Gasteiger charge is -2.41. The van der Waals surface area contributed by atoms with Crippen molar-refractivity contribution < 1.29 is 17.9 Å². The Morgan fingerprint density at radius 2 is 2.06 bits per heavy atom. The largest absolute Gasteiger partial charge is 0.384 e. The number of carbonyl (C=O) groups excluding carboxylic acids is 1. The van der Waals surface area contributed by atoms with Crippen LogP contribution in [0.5, 0.6) is 0 Å². The Balaban J connectivity index is 1.70. The molecule has 1 saturated carbocycles. The lowest BCUT2D eigenvalue weighted by atomic mass is 9.93. The van der Waals surface area contributed by atoms with Gasteiger partial charge in [-0.2, -0.15) is 5.26 Å². The van der Waals surface area contributed by atoms with Gasteiger partial charge in [-0.15, -0.1) is 0 Å². The molecule has 1 aliphatic carbocycles. The van der Waals surface area contributed by atoms with Crippen LogP contribution in [0.25, 0.3) is 11.1 Å². The van der Waals surface area contributed by atoms with Crippen molar-refractivity contribution in [2.45, 2.75) is 45.1 Å². The molecular formula is C26H33N5O4S. The molecule has 1 N–H and O–H groups in total. The summed E-state index contributed by atoms with van der Waals surface area (Å²) in [5.74, 6) is 1.05. The SMILES string of the molecule is COCCC(=O)N1CCN(c2nc(C3CC3)c(-c3cccc(NS(C)(=O)=O)c3)c(C)c2C#N)C[C@H]1C. The van der Waals surface area contributed by atoms with E-state index in [1.54, 1.807) is 25.3 Å². The summed E-state index contributed by atoms with van der Waals surface area (Å²) in [6.07, 6.45) is 3.54. The van der Waals surface area contributed by atoms with E-state index in [1.165, 1.54) is 0 Å². The maximum atomic E-state index is 12.6. The number of piperazine rings is 1. The maximum absolute atomic E-state index is 12.6. The average molecular weight is 512 g/mol. The average Bonchev–Trinajstić information content (AvgIpc) is 3.66. The van der Waals surface area contributed by atoms with Gasteiger partial charge in [0.15, 0.2) is 0 Å². The van der Waals surface area contributed by atoms with Crippen LogP contribution in [0, 0.1) is 18.3 Å². The minimum Gasteiger partial charge on any atom is -0.384 e. The lowest BCUT2D eigenvalue weighted by Crippen LogP contribution is -2.54. The first-order valence-corrected chi connectivity index (χ1v) is 14.1. The van der Waals surface area contributed by atoms with Gasteiger partial charge in [0, 0.05) is 50.0 Å². The minimum absolute atomic E-state index is 0.0143. The number of nitrogens with zero attached hydrogens (tertiary/aromatic N) is 4. The van der Waals surface area contributed by atoms with Gasteiger partial charge in [0.1, 0.15) is 11.9 Å². The van der Waals surface area contributed by atoms with Crippen LogP contribution in [0.2, 0.25) is 0 Å². The summed E-state index contributed by atoms with van der Waals surface area (Å²) in [5, 5.41) is 10.2. The van der Waals surface area contributed by atoms with Crippen LogP contribution in [0.3, 0.4) is 0 Å². The van der Waals surface area contributed by atoms with Crippen molar-refractivity contribution in [1.29, 1.82) is 5.26 Å². The first-order chi connectivity index (χ1) is 17.1. The monoisotopic (exact) mass is 511 g/mol. The standard InChI is InChI=1S/C26H33N5O4S/c1-17-16-30(11-12-31(17)23(32)10-13-35-3)26-22(15-27)18(2)24(25(28-26)19-8-9-19)20-6-5-7-21(14-20)29-36(4,33)34/h5-7,14,17,19,29H,8-13,16H2,1-4H3/t17-/m1/s1. The Morgan fingerprint density at radius 3 is 2.67 bits per heavy atom.